The lowest BCUT2D eigenvalue weighted by Crippen LogP contribution is -2.42. The average molecular weight is 309 g/mol. The van der Waals surface area contributed by atoms with Gasteiger partial charge in [-0.25, -0.2) is 0 Å². The zero-order valence-corrected chi connectivity index (χ0v) is 14.6. The summed E-state index contributed by atoms with van der Waals surface area (Å²) < 4.78 is 0. The smallest absolute Gasteiger partial charge is 0.150 e. The minimum Gasteiger partial charge on any atom is -0.309 e. The molecule has 0 atom stereocenters. The van der Waals surface area contributed by atoms with Crippen molar-refractivity contribution in [1.82, 2.24) is 4.90 Å². The highest BCUT2D eigenvalue weighted by molar-refractivity contribution is 5.95. The maximum Gasteiger partial charge on any atom is 0.150 e. The van der Waals surface area contributed by atoms with Gasteiger partial charge in [-0.1, -0.05) is 74.5 Å². The van der Waals surface area contributed by atoms with E-state index < -0.39 is 5.41 Å². The average Bonchev–Trinajstić information content (AvgIpc) is 2.57. The van der Waals surface area contributed by atoms with Gasteiger partial charge in [-0.05, 0) is 38.2 Å². The van der Waals surface area contributed by atoms with Crippen LogP contribution in [0.15, 0.2) is 60.7 Å². The number of hydrogen-bond donors (Lipinski definition) is 0. The zero-order chi connectivity index (χ0) is 16.9. The standard InChI is InChI=1S/C21H27NO/c1-17(2)20(23)21(15-16-22(3)4,18-11-7-5-8-12-18)19-13-9-6-10-14-19/h5-14,17H,15-16H2,1-4H3. The minimum absolute atomic E-state index is 0.0161. The Morgan fingerprint density at radius 1 is 0.913 bits per heavy atom. The Morgan fingerprint density at radius 2 is 1.35 bits per heavy atom. The Bertz CT molecular complexity index is 577. The van der Waals surface area contributed by atoms with Crippen molar-refractivity contribution >= 4 is 5.78 Å². The van der Waals surface area contributed by atoms with Gasteiger partial charge in [-0.3, -0.25) is 4.79 Å². The number of Topliss-reactive ketones (excluding diaryl/α,β-unsaturated/α-hetero) is 1. The van der Waals surface area contributed by atoms with Crippen LogP contribution in [-0.2, 0) is 10.2 Å². The molecule has 0 spiro atoms. The van der Waals surface area contributed by atoms with E-state index in [1.165, 1.54) is 0 Å². The molecule has 0 bridgehead atoms. The minimum atomic E-state index is -0.582. The second-order valence-electron chi connectivity index (χ2n) is 6.71. The molecule has 0 aliphatic carbocycles. The molecule has 0 aliphatic rings. The van der Waals surface area contributed by atoms with Crippen molar-refractivity contribution in [3.8, 4) is 0 Å². The van der Waals surface area contributed by atoms with Gasteiger partial charge in [0, 0.05) is 5.92 Å². The largest absolute Gasteiger partial charge is 0.309 e. The molecule has 0 N–H and O–H groups in total. The highest BCUT2D eigenvalue weighted by atomic mass is 16.1. The maximum atomic E-state index is 13.4. The SMILES string of the molecule is CC(C)C(=O)C(CCN(C)C)(c1ccccc1)c1ccccc1. The summed E-state index contributed by atoms with van der Waals surface area (Å²) in [6, 6.07) is 20.5. The van der Waals surface area contributed by atoms with Gasteiger partial charge in [0.25, 0.3) is 0 Å². The second-order valence-corrected chi connectivity index (χ2v) is 6.71. The van der Waals surface area contributed by atoms with Crippen molar-refractivity contribution in [2.75, 3.05) is 20.6 Å². The van der Waals surface area contributed by atoms with Gasteiger partial charge in [-0.2, -0.15) is 0 Å². The summed E-state index contributed by atoms with van der Waals surface area (Å²) in [7, 11) is 4.11. The zero-order valence-electron chi connectivity index (χ0n) is 14.6. The van der Waals surface area contributed by atoms with Crippen molar-refractivity contribution in [2.24, 2.45) is 5.92 Å². The molecule has 0 saturated carbocycles. The second kappa shape index (κ2) is 7.56. The van der Waals surface area contributed by atoms with Crippen LogP contribution in [0.25, 0.3) is 0 Å². The first-order valence-corrected chi connectivity index (χ1v) is 8.28. The van der Waals surface area contributed by atoms with Crippen LogP contribution in [0.2, 0.25) is 0 Å². The Morgan fingerprint density at radius 3 is 1.70 bits per heavy atom. The molecular formula is C21H27NO. The van der Waals surface area contributed by atoms with Gasteiger partial charge in [0.2, 0.25) is 0 Å². The summed E-state index contributed by atoms with van der Waals surface area (Å²) in [6.07, 6.45) is 0.783. The number of carbonyl (C=O) groups excluding carboxylic acids is 1. The lowest BCUT2D eigenvalue weighted by molar-refractivity contribution is -0.126. The maximum absolute atomic E-state index is 13.4. The molecular weight excluding hydrogens is 282 g/mol. The lowest BCUT2D eigenvalue weighted by Gasteiger charge is -2.36. The molecule has 2 rings (SSSR count). The molecule has 2 heteroatoms. The number of ketones is 1. The van der Waals surface area contributed by atoms with Gasteiger partial charge >= 0.3 is 0 Å². The van der Waals surface area contributed by atoms with Gasteiger partial charge in [0.1, 0.15) is 5.78 Å². The Kier molecular flexibility index (Phi) is 5.73. The van der Waals surface area contributed by atoms with E-state index in [1.54, 1.807) is 0 Å². The molecule has 2 aromatic carbocycles. The predicted octanol–water partition coefficient (Wildman–Crippen LogP) is 4.15. The Balaban J connectivity index is 2.65. The molecule has 122 valence electrons. The van der Waals surface area contributed by atoms with Crippen LogP contribution in [0.4, 0.5) is 0 Å². The first-order chi connectivity index (χ1) is 11.0. The topological polar surface area (TPSA) is 20.3 Å². The van der Waals surface area contributed by atoms with E-state index >= 15 is 0 Å². The first kappa shape index (κ1) is 17.4. The Hall–Kier alpha value is -1.93. The molecule has 2 nitrogen and oxygen atoms in total. The molecule has 23 heavy (non-hydrogen) atoms. The van der Waals surface area contributed by atoms with E-state index in [9.17, 15) is 4.79 Å². The van der Waals surface area contributed by atoms with Crippen molar-refractivity contribution in [3.05, 3.63) is 71.8 Å². The predicted molar refractivity (Wildman–Crippen MR) is 96.7 cm³/mol. The van der Waals surface area contributed by atoms with Crippen LogP contribution in [0.1, 0.15) is 31.4 Å². The highest BCUT2D eigenvalue weighted by Gasteiger charge is 2.42. The fourth-order valence-corrected chi connectivity index (χ4v) is 3.19. The third-order valence-corrected chi connectivity index (χ3v) is 4.41. The van der Waals surface area contributed by atoms with Crippen molar-refractivity contribution in [3.63, 3.8) is 0 Å². The fourth-order valence-electron chi connectivity index (χ4n) is 3.19. The van der Waals surface area contributed by atoms with Crippen LogP contribution in [0, 0.1) is 5.92 Å². The van der Waals surface area contributed by atoms with Gasteiger partial charge in [0.15, 0.2) is 0 Å². The molecule has 2 aromatic rings. The third kappa shape index (κ3) is 3.70. The summed E-state index contributed by atoms with van der Waals surface area (Å²) in [5.74, 6) is 0.273. The normalized spacial score (nSPS) is 11.9. The fraction of sp³-hybridized carbons (Fsp3) is 0.381. The van der Waals surface area contributed by atoms with E-state index in [1.807, 2.05) is 50.2 Å². The van der Waals surface area contributed by atoms with Gasteiger partial charge in [-0.15, -0.1) is 0 Å². The van der Waals surface area contributed by atoms with E-state index in [-0.39, 0.29) is 11.7 Å². The molecule has 0 aromatic heterocycles. The number of hydrogen-bond acceptors (Lipinski definition) is 2. The monoisotopic (exact) mass is 309 g/mol. The number of carbonyl (C=O) groups is 1. The summed E-state index contributed by atoms with van der Waals surface area (Å²) in [6.45, 7) is 4.86. The number of rotatable bonds is 7. The van der Waals surface area contributed by atoms with Crippen LogP contribution < -0.4 is 0 Å². The molecule has 0 saturated heterocycles. The van der Waals surface area contributed by atoms with Gasteiger partial charge < -0.3 is 4.90 Å². The van der Waals surface area contributed by atoms with Crippen molar-refractivity contribution in [2.45, 2.75) is 25.7 Å². The van der Waals surface area contributed by atoms with Crippen LogP contribution >= 0.6 is 0 Å². The molecule has 0 heterocycles. The van der Waals surface area contributed by atoms with E-state index in [0.29, 0.717) is 0 Å². The summed E-state index contributed by atoms with van der Waals surface area (Å²) >= 11 is 0. The molecule has 0 unspecified atom stereocenters. The molecule has 0 amide bonds. The number of nitrogens with zero attached hydrogens (tertiary/aromatic N) is 1. The van der Waals surface area contributed by atoms with E-state index in [0.717, 1.165) is 24.1 Å². The molecule has 0 aliphatic heterocycles. The van der Waals surface area contributed by atoms with Crippen LogP contribution in [0.5, 0.6) is 0 Å². The molecule has 0 fully saturated rings. The van der Waals surface area contributed by atoms with Crippen LogP contribution in [-0.4, -0.2) is 31.3 Å². The Labute approximate surface area is 140 Å². The first-order valence-electron chi connectivity index (χ1n) is 8.28. The van der Waals surface area contributed by atoms with E-state index in [2.05, 4.69) is 43.3 Å². The van der Waals surface area contributed by atoms with Crippen molar-refractivity contribution < 1.29 is 4.79 Å². The van der Waals surface area contributed by atoms with Crippen LogP contribution in [0.3, 0.4) is 0 Å². The quantitative estimate of drug-likeness (QED) is 0.766. The number of benzene rings is 2. The highest BCUT2D eigenvalue weighted by Crippen LogP contribution is 2.39. The van der Waals surface area contributed by atoms with Crippen molar-refractivity contribution in [1.29, 1.82) is 0 Å². The summed E-state index contributed by atoms with van der Waals surface area (Å²) in [5, 5.41) is 0. The summed E-state index contributed by atoms with van der Waals surface area (Å²) in [4.78, 5) is 15.5. The van der Waals surface area contributed by atoms with E-state index in [4.69, 9.17) is 0 Å². The third-order valence-electron chi connectivity index (χ3n) is 4.41. The summed E-state index contributed by atoms with van der Waals surface area (Å²) in [5.41, 5.74) is 1.60. The lowest BCUT2D eigenvalue weighted by atomic mass is 9.66. The molecule has 0 radical (unpaired) electrons. The van der Waals surface area contributed by atoms with Gasteiger partial charge in [0.05, 0.1) is 5.41 Å².